The maximum atomic E-state index is 12.0. The number of anilines is 1. The standard InChI is InChI=1S/C14H18BrClN2O/c1-2-9-4-3-7-14(9,13(17)19)18-10-5-6-12(16)11(15)8-10/h5-6,8-9,18H,2-4,7H2,1H3,(H2,17,19). The van der Waals surface area contributed by atoms with Gasteiger partial charge in [-0.25, -0.2) is 0 Å². The lowest BCUT2D eigenvalue weighted by Gasteiger charge is -2.34. The van der Waals surface area contributed by atoms with Crippen LogP contribution in [-0.2, 0) is 4.79 Å². The van der Waals surface area contributed by atoms with Crippen LogP contribution in [0.4, 0.5) is 5.69 Å². The fourth-order valence-electron chi connectivity index (χ4n) is 3.01. The van der Waals surface area contributed by atoms with Gasteiger partial charge in [-0.05, 0) is 52.9 Å². The maximum Gasteiger partial charge on any atom is 0.243 e. The molecule has 1 aliphatic rings. The molecule has 0 radical (unpaired) electrons. The second kappa shape index (κ2) is 5.71. The van der Waals surface area contributed by atoms with Gasteiger partial charge in [0, 0.05) is 10.2 Å². The van der Waals surface area contributed by atoms with Crippen LogP contribution in [0.3, 0.4) is 0 Å². The van der Waals surface area contributed by atoms with Crippen LogP contribution in [0.15, 0.2) is 22.7 Å². The van der Waals surface area contributed by atoms with E-state index >= 15 is 0 Å². The van der Waals surface area contributed by atoms with Crippen LogP contribution in [0.2, 0.25) is 5.02 Å². The number of hydrogen-bond donors (Lipinski definition) is 2. The fraction of sp³-hybridized carbons (Fsp3) is 0.500. The topological polar surface area (TPSA) is 55.1 Å². The van der Waals surface area contributed by atoms with Crippen molar-refractivity contribution in [3.63, 3.8) is 0 Å². The summed E-state index contributed by atoms with van der Waals surface area (Å²) in [5.41, 5.74) is 5.92. The molecular formula is C14H18BrClN2O. The van der Waals surface area contributed by atoms with Crippen LogP contribution >= 0.6 is 27.5 Å². The second-order valence-electron chi connectivity index (χ2n) is 5.09. The number of amides is 1. The van der Waals surface area contributed by atoms with Gasteiger partial charge in [0.1, 0.15) is 5.54 Å². The third-order valence-electron chi connectivity index (χ3n) is 4.04. The van der Waals surface area contributed by atoms with Gasteiger partial charge in [-0.3, -0.25) is 4.79 Å². The summed E-state index contributed by atoms with van der Waals surface area (Å²) in [6.45, 7) is 2.10. The highest BCUT2D eigenvalue weighted by Crippen LogP contribution is 2.40. The molecule has 0 bridgehead atoms. The molecule has 0 aromatic heterocycles. The largest absolute Gasteiger partial charge is 0.371 e. The van der Waals surface area contributed by atoms with E-state index in [4.69, 9.17) is 17.3 Å². The predicted octanol–water partition coefficient (Wildman–Crippen LogP) is 3.95. The van der Waals surface area contributed by atoms with Crippen molar-refractivity contribution < 1.29 is 4.79 Å². The highest BCUT2D eigenvalue weighted by Gasteiger charge is 2.46. The summed E-state index contributed by atoms with van der Waals surface area (Å²) in [4.78, 5) is 12.0. The van der Waals surface area contributed by atoms with Crippen LogP contribution < -0.4 is 11.1 Å². The van der Waals surface area contributed by atoms with E-state index in [1.807, 2.05) is 12.1 Å². The summed E-state index contributed by atoms with van der Waals surface area (Å²) < 4.78 is 0.810. The molecular weight excluding hydrogens is 328 g/mol. The van der Waals surface area contributed by atoms with Crippen molar-refractivity contribution in [1.29, 1.82) is 0 Å². The van der Waals surface area contributed by atoms with Gasteiger partial charge in [-0.1, -0.05) is 31.4 Å². The summed E-state index contributed by atoms with van der Waals surface area (Å²) in [6.07, 6.45) is 3.82. The Morgan fingerprint density at radius 1 is 1.63 bits per heavy atom. The molecule has 1 amide bonds. The molecule has 0 aliphatic heterocycles. The third kappa shape index (κ3) is 2.75. The minimum atomic E-state index is -0.623. The van der Waals surface area contributed by atoms with Crippen molar-refractivity contribution >= 4 is 39.1 Å². The maximum absolute atomic E-state index is 12.0. The average molecular weight is 346 g/mol. The Morgan fingerprint density at radius 2 is 2.37 bits per heavy atom. The van der Waals surface area contributed by atoms with Gasteiger partial charge in [0.05, 0.1) is 5.02 Å². The Labute approximate surface area is 127 Å². The van der Waals surface area contributed by atoms with E-state index in [0.717, 1.165) is 35.8 Å². The van der Waals surface area contributed by atoms with Crippen molar-refractivity contribution in [2.45, 2.75) is 38.1 Å². The highest BCUT2D eigenvalue weighted by molar-refractivity contribution is 9.10. The van der Waals surface area contributed by atoms with Crippen molar-refractivity contribution in [1.82, 2.24) is 0 Å². The van der Waals surface area contributed by atoms with Crippen molar-refractivity contribution in [2.24, 2.45) is 11.7 Å². The smallest absolute Gasteiger partial charge is 0.243 e. The molecule has 0 heterocycles. The number of nitrogens with two attached hydrogens (primary N) is 1. The Kier molecular flexibility index (Phi) is 4.41. The fourth-order valence-corrected chi connectivity index (χ4v) is 3.51. The van der Waals surface area contributed by atoms with Gasteiger partial charge in [-0.2, -0.15) is 0 Å². The van der Waals surface area contributed by atoms with Crippen molar-refractivity contribution in [3.8, 4) is 0 Å². The van der Waals surface area contributed by atoms with E-state index < -0.39 is 5.54 Å². The van der Waals surface area contributed by atoms with Gasteiger partial charge in [0.2, 0.25) is 5.91 Å². The number of benzene rings is 1. The molecule has 2 atom stereocenters. The lowest BCUT2D eigenvalue weighted by molar-refractivity contribution is -0.123. The normalized spacial score (nSPS) is 26.4. The first-order chi connectivity index (χ1) is 8.99. The number of nitrogens with one attached hydrogen (secondary N) is 1. The van der Waals surface area contributed by atoms with E-state index in [-0.39, 0.29) is 5.91 Å². The minimum Gasteiger partial charge on any atom is -0.371 e. The molecule has 1 fully saturated rings. The lowest BCUT2D eigenvalue weighted by atomic mass is 9.84. The van der Waals surface area contributed by atoms with Gasteiger partial charge in [0.15, 0.2) is 0 Å². The zero-order valence-electron chi connectivity index (χ0n) is 10.9. The number of primary amides is 1. The molecule has 3 nitrogen and oxygen atoms in total. The van der Waals surface area contributed by atoms with Gasteiger partial charge < -0.3 is 11.1 Å². The van der Waals surface area contributed by atoms with Gasteiger partial charge >= 0.3 is 0 Å². The quantitative estimate of drug-likeness (QED) is 0.868. The molecule has 3 N–H and O–H groups in total. The second-order valence-corrected chi connectivity index (χ2v) is 6.35. The molecule has 1 aromatic rings. The monoisotopic (exact) mass is 344 g/mol. The Balaban J connectivity index is 2.31. The van der Waals surface area contributed by atoms with Gasteiger partial charge in [0.25, 0.3) is 0 Å². The zero-order chi connectivity index (χ0) is 14.0. The molecule has 1 saturated carbocycles. The van der Waals surface area contributed by atoms with Crippen molar-refractivity contribution in [2.75, 3.05) is 5.32 Å². The zero-order valence-corrected chi connectivity index (χ0v) is 13.2. The van der Waals surface area contributed by atoms with Crippen LogP contribution in [0.5, 0.6) is 0 Å². The SMILES string of the molecule is CCC1CCCC1(Nc1ccc(Cl)c(Br)c1)C(N)=O. The molecule has 104 valence electrons. The van der Waals surface area contributed by atoms with Gasteiger partial charge in [-0.15, -0.1) is 0 Å². The Bertz CT molecular complexity index is 494. The van der Waals surface area contributed by atoms with E-state index in [1.54, 1.807) is 6.07 Å². The van der Waals surface area contributed by atoms with Crippen LogP contribution in [0.25, 0.3) is 0 Å². The number of carbonyl (C=O) groups excluding carboxylic acids is 1. The summed E-state index contributed by atoms with van der Waals surface area (Å²) in [7, 11) is 0. The Hall–Kier alpha value is -0.740. The third-order valence-corrected chi connectivity index (χ3v) is 5.25. The minimum absolute atomic E-state index is 0.261. The lowest BCUT2D eigenvalue weighted by Crippen LogP contribution is -2.53. The van der Waals surface area contributed by atoms with Crippen LogP contribution in [0, 0.1) is 5.92 Å². The molecule has 1 aromatic carbocycles. The van der Waals surface area contributed by atoms with Crippen LogP contribution in [0.1, 0.15) is 32.6 Å². The van der Waals surface area contributed by atoms with Crippen molar-refractivity contribution in [3.05, 3.63) is 27.7 Å². The summed E-state index contributed by atoms with van der Waals surface area (Å²) >= 11 is 9.38. The number of rotatable bonds is 4. The molecule has 5 heteroatoms. The van der Waals surface area contributed by atoms with E-state index in [9.17, 15) is 4.79 Å². The first kappa shape index (κ1) is 14.7. The summed E-state index contributed by atoms with van der Waals surface area (Å²) in [6, 6.07) is 5.57. The first-order valence-corrected chi connectivity index (χ1v) is 7.70. The van der Waals surface area contributed by atoms with E-state index in [2.05, 4.69) is 28.2 Å². The first-order valence-electron chi connectivity index (χ1n) is 6.52. The molecule has 2 rings (SSSR count). The molecule has 19 heavy (non-hydrogen) atoms. The summed E-state index contributed by atoms with van der Waals surface area (Å²) in [5.74, 6) is 0.0300. The van der Waals surface area contributed by atoms with E-state index in [1.165, 1.54) is 0 Å². The molecule has 2 unspecified atom stereocenters. The Morgan fingerprint density at radius 3 is 2.95 bits per heavy atom. The van der Waals surface area contributed by atoms with Crippen LogP contribution in [-0.4, -0.2) is 11.4 Å². The highest BCUT2D eigenvalue weighted by atomic mass is 79.9. The van der Waals surface area contributed by atoms with E-state index in [0.29, 0.717) is 10.9 Å². The molecule has 1 aliphatic carbocycles. The average Bonchev–Trinajstić information content (AvgIpc) is 2.78. The number of carbonyl (C=O) groups is 1. The summed E-state index contributed by atoms with van der Waals surface area (Å²) in [5, 5.41) is 4.01. The molecule has 0 spiro atoms. The predicted molar refractivity (Wildman–Crippen MR) is 82.3 cm³/mol. The number of hydrogen-bond acceptors (Lipinski definition) is 2. The molecule has 0 saturated heterocycles. The number of halogens is 2.